The molecule has 0 saturated carbocycles. The van der Waals surface area contributed by atoms with Crippen molar-refractivity contribution in [1.29, 1.82) is 0 Å². The van der Waals surface area contributed by atoms with Crippen molar-refractivity contribution in [3.63, 3.8) is 0 Å². The molecule has 2 nitrogen and oxygen atoms in total. The summed E-state index contributed by atoms with van der Waals surface area (Å²) in [5, 5.41) is 3.08. The molecule has 0 aromatic carbocycles. The van der Waals surface area contributed by atoms with E-state index in [4.69, 9.17) is 0 Å². The highest BCUT2D eigenvalue weighted by Gasteiger charge is 2.14. The van der Waals surface area contributed by atoms with E-state index in [2.05, 4.69) is 10.2 Å². The van der Waals surface area contributed by atoms with Gasteiger partial charge in [-0.25, -0.2) is 4.39 Å². The van der Waals surface area contributed by atoms with Gasteiger partial charge in [-0.1, -0.05) is 0 Å². The van der Waals surface area contributed by atoms with E-state index in [1.807, 2.05) is 7.05 Å². The number of piperazine rings is 1. The number of likely N-dealkylation sites (N-methyl/N-ethyl adjacent to an activating group) is 1. The zero-order valence-electron chi connectivity index (χ0n) is 5.73. The Morgan fingerprint density at radius 2 is 2.56 bits per heavy atom. The fourth-order valence-corrected chi connectivity index (χ4v) is 1.09. The summed E-state index contributed by atoms with van der Waals surface area (Å²) in [6, 6.07) is 0.0729. The van der Waals surface area contributed by atoms with E-state index >= 15 is 0 Å². The third-order valence-electron chi connectivity index (χ3n) is 1.64. The lowest BCUT2D eigenvalue weighted by molar-refractivity contribution is 0.213. The number of halogens is 1. The number of rotatable bonds is 1. The van der Waals surface area contributed by atoms with Crippen LogP contribution in [0.1, 0.15) is 0 Å². The third kappa shape index (κ3) is 1.91. The van der Waals surface area contributed by atoms with Crippen LogP contribution in [-0.2, 0) is 0 Å². The minimum Gasteiger partial charge on any atom is -0.309 e. The van der Waals surface area contributed by atoms with Gasteiger partial charge >= 0.3 is 0 Å². The first kappa shape index (κ1) is 6.96. The molecule has 1 saturated heterocycles. The zero-order valence-corrected chi connectivity index (χ0v) is 5.73. The Kier molecular flexibility index (Phi) is 2.42. The van der Waals surface area contributed by atoms with Crippen LogP contribution in [0.3, 0.4) is 0 Å². The van der Waals surface area contributed by atoms with Crippen molar-refractivity contribution in [3.8, 4) is 0 Å². The fraction of sp³-hybridized carbons (Fsp3) is 1.00. The van der Waals surface area contributed by atoms with Gasteiger partial charge in [0.05, 0.1) is 0 Å². The van der Waals surface area contributed by atoms with Crippen LogP contribution in [0.15, 0.2) is 0 Å². The standard InChI is InChI=1S/C6H13FN2/c1-9-3-2-8-6(4-7)5-9/h6,8H,2-5H2,1H3/t6-/m0/s1. The molecule has 0 amide bonds. The summed E-state index contributed by atoms with van der Waals surface area (Å²) in [6.45, 7) is 2.56. The van der Waals surface area contributed by atoms with E-state index in [1.54, 1.807) is 0 Å². The first-order valence-electron chi connectivity index (χ1n) is 3.31. The number of nitrogens with one attached hydrogen (secondary N) is 1. The molecule has 54 valence electrons. The van der Waals surface area contributed by atoms with Gasteiger partial charge in [0.2, 0.25) is 0 Å². The first-order valence-corrected chi connectivity index (χ1v) is 3.31. The SMILES string of the molecule is CN1CCN[C@@H](CF)C1. The molecule has 3 heteroatoms. The molecule has 1 aliphatic heterocycles. The highest BCUT2D eigenvalue weighted by molar-refractivity contribution is 4.75. The lowest BCUT2D eigenvalue weighted by Crippen LogP contribution is -2.49. The minimum atomic E-state index is -0.246. The highest BCUT2D eigenvalue weighted by Crippen LogP contribution is 1.95. The second-order valence-electron chi connectivity index (χ2n) is 2.57. The van der Waals surface area contributed by atoms with Crippen LogP contribution in [-0.4, -0.2) is 44.3 Å². The van der Waals surface area contributed by atoms with Crippen molar-refractivity contribution >= 4 is 0 Å². The summed E-state index contributed by atoms with van der Waals surface area (Å²) >= 11 is 0. The Morgan fingerprint density at radius 1 is 1.78 bits per heavy atom. The van der Waals surface area contributed by atoms with E-state index in [-0.39, 0.29) is 12.7 Å². The Morgan fingerprint density at radius 3 is 3.00 bits per heavy atom. The molecular weight excluding hydrogens is 119 g/mol. The zero-order chi connectivity index (χ0) is 6.69. The smallest absolute Gasteiger partial charge is 0.106 e. The van der Waals surface area contributed by atoms with Crippen molar-refractivity contribution in [2.24, 2.45) is 0 Å². The fourth-order valence-electron chi connectivity index (χ4n) is 1.09. The average molecular weight is 132 g/mol. The lowest BCUT2D eigenvalue weighted by Gasteiger charge is -2.28. The molecule has 0 aromatic rings. The van der Waals surface area contributed by atoms with Crippen LogP contribution < -0.4 is 5.32 Å². The predicted octanol–water partition coefficient (Wildman–Crippen LogP) is -0.141. The quantitative estimate of drug-likeness (QED) is 0.534. The summed E-state index contributed by atoms with van der Waals surface area (Å²) in [6.07, 6.45) is 0. The van der Waals surface area contributed by atoms with Crippen molar-refractivity contribution in [3.05, 3.63) is 0 Å². The maximum Gasteiger partial charge on any atom is 0.106 e. The third-order valence-corrected chi connectivity index (χ3v) is 1.64. The monoisotopic (exact) mass is 132 g/mol. The van der Waals surface area contributed by atoms with Gasteiger partial charge in [-0.2, -0.15) is 0 Å². The van der Waals surface area contributed by atoms with Gasteiger partial charge in [-0.3, -0.25) is 0 Å². The number of hydrogen-bond acceptors (Lipinski definition) is 2. The molecule has 0 unspecified atom stereocenters. The maximum absolute atomic E-state index is 12.0. The molecule has 1 heterocycles. The Hall–Kier alpha value is -0.150. The van der Waals surface area contributed by atoms with Gasteiger partial charge in [-0.05, 0) is 7.05 Å². The van der Waals surface area contributed by atoms with Gasteiger partial charge in [0.15, 0.2) is 0 Å². The molecule has 9 heavy (non-hydrogen) atoms. The number of alkyl halides is 1. The summed E-state index contributed by atoms with van der Waals surface area (Å²) in [7, 11) is 2.02. The van der Waals surface area contributed by atoms with E-state index in [9.17, 15) is 4.39 Å². The summed E-state index contributed by atoms with van der Waals surface area (Å²) in [4.78, 5) is 2.14. The summed E-state index contributed by atoms with van der Waals surface area (Å²) in [5.74, 6) is 0. The molecule has 0 bridgehead atoms. The Balaban J connectivity index is 2.23. The van der Waals surface area contributed by atoms with Crippen molar-refractivity contribution in [1.82, 2.24) is 10.2 Å². The molecule has 1 N–H and O–H groups in total. The van der Waals surface area contributed by atoms with Gasteiger partial charge < -0.3 is 10.2 Å². The van der Waals surface area contributed by atoms with Crippen LogP contribution in [0, 0.1) is 0 Å². The van der Waals surface area contributed by atoms with Gasteiger partial charge in [0.25, 0.3) is 0 Å². The molecule has 0 aliphatic carbocycles. The second-order valence-corrected chi connectivity index (χ2v) is 2.57. The molecule has 0 spiro atoms. The average Bonchev–Trinajstić information content (AvgIpc) is 1.88. The highest BCUT2D eigenvalue weighted by atomic mass is 19.1. The molecule has 0 radical (unpaired) electrons. The van der Waals surface area contributed by atoms with E-state index in [0.29, 0.717) is 0 Å². The van der Waals surface area contributed by atoms with Crippen molar-refractivity contribution < 1.29 is 4.39 Å². The van der Waals surface area contributed by atoms with Crippen LogP contribution in [0.4, 0.5) is 4.39 Å². The van der Waals surface area contributed by atoms with Crippen LogP contribution in [0.2, 0.25) is 0 Å². The maximum atomic E-state index is 12.0. The van der Waals surface area contributed by atoms with Gasteiger partial charge in [0, 0.05) is 25.7 Å². The van der Waals surface area contributed by atoms with Crippen LogP contribution >= 0.6 is 0 Å². The van der Waals surface area contributed by atoms with Crippen LogP contribution in [0.25, 0.3) is 0 Å². The molecule has 0 aromatic heterocycles. The number of hydrogen-bond donors (Lipinski definition) is 1. The van der Waals surface area contributed by atoms with Gasteiger partial charge in [0.1, 0.15) is 6.67 Å². The molecular formula is C6H13FN2. The predicted molar refractivity (Wildman–Crippen MR) is 35.3 cm³/mol. The summed E-state index contributed by atoms with van der Waals surface area (Å²) < 4.78 is 12.0. The Labute approximate surface area is 55.0 Å². The second kappa shape index (κ2) is 3.13. The van der Waals surface area contributed by atoms with Gasteiger partial charge in [-0.15, -0.1) is 0 Å². The Bertz CT molecular complexity index is 87.1. The topological polar surface area (TPSA) is 15.3 Å². The van der Waals surface area contributed by atoms with E-state index in [0.717, 1.165) is 19.6 Å². The molecule has 1 fully saturated rings. The van der Waals surface area contributed by atoms with Crippen molar-refractivity contribution in [2.45, 2.75) is 6.04 Å². The van der Waals surface area contributed by atoms with E-state index in [1.165, 1.54) is 0 Å². The lowest BCUT2D eigenvalue weighted by atomic mass is 10.2. The first-order chi connectivity index (χ1) is 4.33. The molecule has 1 rings (SSSR count). The normalized spacial score (nSPS) is 30.7. The van der Waals surface area contributed by atoms with Crippen molar-refractivity contribution in [2.75, 3.05) is 33.4 Å². The summed E-state index contributed by atoms with van der Waals surface area (Å²) in [5.41, 5.74) is 0. The van der Waals surface area contributed by atoms with Crippen LogP contribution in [0.5, 0.6) is 0 Å². The van der Waals surface area contributed by atoms with E-state index < -0.39 is 0 Å². The largest absolute Gasteiger partial charge is 0.309 e. The molecule has 1 aliphatic rings. The molecule has 1 atom stereocenters. The number of nitrogens with zero attached hydrogens (tertiary/aromatic N) is 1. The minimum absolute atomic E-state index is 0.0729.